The molecule has 0 bridgehead atoms. The van der Waals surface area contributed by atoms with Crippen molar-refractivity contribution in [1.29, 1.82) is 0 Å². The maximum absolute atomic E-state index is 5.87. The van der Waals surface area contributed by atoms with E-state index in [1.54, 1.807) is 7.11 Å². The standard InChI is InChI=1S/C20H27N3O2/c1-16(13-24-2)23-20(21)22-12-17-8-10-19(11-9-17)15-25-14-18-6-4-3-5-7-18/h3-11,16H,12-15H2,1-2H3,(H3,21,22,23). The second-order valence-electron chi connectivity index (χ2n) is 6.00. The lowest BCUT2D eigenvalue weighted by Gasteiger charge is -2.13. The summed E-state index contributed by atoms with van der Waals surface area (Å²) in [6.07, 6.45) is 0. The molecule has 2 rings (SSSR count). The van der Waals surface area contributed by atoms with Gasteiger partial charge in [0.05, 0.1) is 26.4 Å². The SMILES string of the molecule is COCC(C)NC(N)=NCc1ccc(COCc2ccccc2)cc1. The van der Waals surface area contributed by atoms with Crippen molar-refractivity contribution in [1.82, 2.24) is 5.32 Å². The summed E-state index contributed by atoms with van der Waals surface area (Å²) in [5.74, 6) is 0.430. The molecule has 3 N–H and O–H groups in total. The molecule has 25 heavy (non-hydrogen) atoms. The van der Waals surface area contributed by atoms with Gasteiger partial charge in [-0.3, -0.25) is 0 Å². The molecule has 134 valence electrons. The van der Waals surface area contributed by atoms with Crippen molar-refractivity contribution in [2.24, 2.45) is 10.7 Å². The molecular weight excluding hydrogens is 314 g/mol. The first-order chi connectivity index (χ1) is 12.2. The summed E-state index contributed by atoms with van der Waals surface area (Å²) in [5, 5.41) is 3.09. The number of nitrogens with two attached hydrogens (primary N) is 1. The zero-order valence-corrected chi connectivity index (χ0v) is 14.9. The van der Waals surface area contributed by atoms with Gasteiger partial charge in [0.25, 0.3) is 0 Å². The Morgan fingerprint density at radius 2 is 1.60 bits per heavy atom. The molecule has 2 aromatic rings. The number of benzene rings is 2. The van der Waals surface area contributed by atoms with Crippen LogP contribution < -0.4 is 11.1 Å². The lowest BCUT2D eigenvalue weighted by molar-refractivity contribution is 0.107. The summed E-state index contributed by atoms with van der Waals surface area (Å²) >= 11 is 0. The zero-order chi connectivity index (χ0) is 17.9. The van der Waals surface area contributed by atoms with E-state index in [1.165, 1.54) is 5.56 Å². The van der Waals surface area contributed by atoms with Gasteiger partial charge < -0.3 is 20.5 Å². The molecule has 1 atom stereocenters. The molecule has 1 unspecified atom stereocenters. The number of nitrogens with zero attached hydrogens (tertiary/aromatic N) is 1. The Morgan fingerprint density at radius 1 is 1.00 bits per heavy atom. The van der Waals surface area contributed by atoms with Crippen LogP contribution in [0, 0.1) is 0 Å². The van der Waals surface area contributed by atoms with Crippen molar-refractivity contribution in [2.75, 3.05) is 13.7 Å². The first-order valence-corrected chi connectivity index (χ1v) is 8.42. The van der Waals surface area contributed by atoms with Crippen molar-refractivity contribution in [3.63, 3.8) is 0 Å². The Hall–Kier alpha value is -2.37. The summed E-state index contributed by atoms with van der Waals surface area (Å²) < 4.78 is 10.8. The van der Waals surface area contributed by atoms with E-state index in [1.807, 2.05) is 25.1 Å². The molecule has 0 aliphatic heterocycles. The van der Waals surface area contributed by atoms with Gasteiger partial charge in [0.2, 0.25) is 0 Å². The van der Waals surface area contributed by atoms with Gasteiger partial charge in [-0.05, 0) is 23.6 Å². The van der Waals surface area contributed by atoms with Gasteiger partial charge in [-0.15, -0.1) is 0 Å². The van der Waals surface area contributed by atoms with Gasteiger partial charge >= 0.3 is 0 Å². The predicted octanol–water partition coefficient (Wildman–Crippen LogP) is 2.84. The monoisotopic (exact) mass is 341 g/mol. The second kappa shape index (κ2) is 10.5. The maximum atomic E-state index is 5.87. The fraction of sp³-hybridized carbons (Fsp3) is 0.350. The molecule has 0 aromatic heterocycles. The van der Waals surface area contributed by atoms with Crippen LogP contribution in [0.1, 0.15) is 23.6 Å². The molecule has 0 saturated heterocycles. The molecule has 5 heteroatoms. The molecule has 0 aliphatic rings. The number of aliphatic imine (C=N–C) groups is 1. The minimum atomic E-state index is 0.137. The Morgan fingerprint density at radius 3 is 2.24 bits per heavy atom. The van der Waals surface area contributed by atoms with Crippen LogP contribution in [0.3, 0.4) is 0 Å². The Bertz CT molecular complexity index is 642. The highest BCUT2D eigenvalue weighted by Crippen LogP contribution is 2.09. The largest absolute Gasteiger partial charge is 0.383 e. The van der Waals surface area contributed by atoms with Crippen molar-refractivity contribution in [2.45, 2.75) is 32.7 Å². The normalized spacial score (nSPS) is 12.8. The fourth-order valence-electron chi connectivity index (χ4n) is 2.37. The number of hydrogen-bond donors (Lipinski definition) is 2. The quantitative estimate of drug-likeness (QED) is 0.543. The average molecular weight is 341 g/mol. The number of rotatable bonds is 9. The van der Waals surface area contributed by atoms with E-state index in [0.717, 1.165) is 11.1 Å². The van der Waals surface area contributed by atoms with Crippen LogP contribution in [0.4, 0.5) is 0 Å². The van der Waals surface area contributed by atoms with E-state index < -0.39 is 0 Å². The Kier molecular flexibility index (Phi) is 7.95. The number of guanidine groups is 1. The van der Waals surface area contributed by atoms with Crippen LogP contribution in [0.25, 0.3) is 0 Å². The molecule has 0 amide bonds. The third-order valence-corrected chi connectivity index (χ3v) is 3.65. The third-order valence-electron chi connectivity index (χ3n) is 3.65. The van der Waals surface area contributed by atoms with E-state index >= 15 is 0 Å². The minimum absolute atomic E-state index is 0.137. The van der Waals surface area contributed by atoms with Crippen LogP contribution in [-0.4, -0.2) is 25.7 Å². The minimum Gasteiger partial charge on any atom is -0.383 e. The summed E-state index contributed by atoms with van der Waals surface area (Å²) in [7, 11) is 1.66. The first-order valence-electron chi connectivity index (χ1n) is 8.42. The highest BCUT2D eigenvalue weighted by atomic mass is 16.5. The predicted molar refractivity (Wildman–Crippen MR) is 101 cm³/mol. The maximum Gasteiger partial charge on any atom is 0.189 e. The van der Waals surface area contributed by atoms with Gasteiger partial charge in [0.15, 0.2) is 5.96 Å². The molecule has 0 fully saturated rings. The van der Waals surface area contributed by atoms with E-state index in [-0.39, 0.29) is 6.04 Å². The molecule has 0 saturated carbocycles. The Labute approximate surface area is 149 Å². The Balaban J connectivity index is 1.75. The summed E-state index contributed by atoms with van der Waals surface area (Å²) in [4.78, 5) is 4.34. The molecule has 0 heterocycles. The molecule has 5 nitrogen and oxygen atoms in total. The van der Waals surface area contributed by atoms with Crippen molar-refractivity contribution in [3.05, 3.63) is 71.3 Å². The summed E-state index contributed by atoms with van der Waals surface area (Å²) in [6, 6.07) is 18.5. The molecular formula is C20H27N3O2. The van der Waals surface area contributed by atoms with E-state index in [9.17, 15) is 0 Å². The van der Waals surface area contributed by atoms with Crippen LogP contribution in [0.5, 0.6) is 0 Å². The van der Waals surface area contributed by atoms with Crippen molar-refractivity contribution >= 4 is 5.96 Å². The van der Waals surface area contributed by atoms with Gasteiger partial charge in [-0.2, -0.15) is 0 Å². The smallest absolute Gasteiger partial charge is 0.189 e. The summed E-state index contributed by atoms with van der Waals surface area (Å²) in [5.41, 5.74) is 9.30. The number of nitrogens with one attached hydrogen (secondary N) is 1. The number of hydrogen-bond acceptors (Lipinski definition) is 3. The van der Waals surface area contributed by atoms with Gasteiger partial charge in [-0.25, -0.2) is 4.99 Å². The third kappa shape index (κ3) is 7.37. The van der Waals surface area contributed by atoms with E-state index in [4.69, 9.17) is 15.2 Å². The van der Waals surface area contributed by atoms with Crippen molar-refractivity contribution < 1.29 is 9.47 Å². The lowest BCUT2D eigenvalue weighted by Crippen LogP contribution is -2.40. The molecule has 2 aromatic carbocycles. The summed E-state index contributed by atoms with van der Waals surface area (Å²) in [6.45, 7) is 4.35. The average Bonchev–Trinajstić information content (AvgIpc) is 2.62. The van der Waals surface area contributed by atoms with Crippen molar-refractivity contribution in [3.8, 4) is 0 Å². The lowest BCUT2D eigenvalue weighted by atomic mass is 10.1. The van der Waals surface area contributed by atoms with E-state index in [2.05, 4.69) is 46.7 Å². The first kappa shape index (κ1) is 19.0. The highest BCUT2D eigenvalue weighted by Gasteiger charge is 2.01. The zero-order valence-electron chi connectivity index (χ0n) is 14.9. The topological polar surface area (TPSA) is 68.9 Å². The van der Waals surface area contributed by atoms with Gasteiger partial charge in [-0.1, -0.05) is 54.6 Å². The van der Waals surface area contributed by atoms with Crippen LogP contribution in [-0.2, 0) is 29.2 Å². The van der Waals surface area contributed by atoms with Crippen LogP contribution >= 0.6 is 0 Å². The fourth-order valence-corrected chi connectivity index (χ4v) is 2.37. The molecule has 0 spiro atoms. The van der Waals surface area contributed by atoms with E-state index in [0.29, 0.717) is 32.3 Å². The highest BCUT2D eigenvalue weighted by molar-refractivity contribution is 5.78. The van der Waals surface area contributed by atoms with Gasteiger partial charge in [0.1, 0.15) is 0 Å². The van der Waals surface area contributed by atoms with Gasteiger partial charge in [0, 0.05) is 13.2 Å². The van der Waals surface area contributed by atoms with Crippen LogP contribution in [0.2, 0.25) is 0 Å². The number of ether oxygens (including phenoxy) is 2. The molecule has 0 aliphatic carbocycles. The van der Waals surface area contributed by atoms with Crippen LogP contribution in [0.15, 0.2) is 59.6 Å². The second-order valence-corrected chi connectivity index (χ2v) is 6.00. The number of methoxy groups -OCH3 is 1. The molecule has 0 radical (unpaired) electrons.